The lowest BCUT2D eigenvalue weighted by Gasteiger charge is -2.17. The molecule has 1 aromatic rings. The molecule has 0 unspecified atom stereocenters. The largest absolute Gasteiger partial charge is 0.360 e. The Balaban J connectivity index is 2.54. The van der Waals surface area contributed by atoms with E-state index in [1.807, 2.05) is 0 Å². The van der Waals surface area contributed by atoms with Gasteiger partial charge in [-0.15, -0.1) is 0 Å². The standard InChI is InChI=1S/C15H22ClN3O2S/c1-10(2)5-4-6-11(3)17-15(22)18-14-9-12(19(20)21)7-8-13(14)16/h7-11H,4-6H2,1-3H3,(H2,17,18,22)/t11-/m0/s1. The molecule has 0 aromatic heterocycles. The van der Waals surface area contributed by atoms with Crippen LogP contribution in [0.4, 0.5) is 11.4 Å². The second-order valence-electron chi connectivity index (χ2n) is 5.75. The van der Waals surface area contributed by atoms with Crippen molar-refractivity contribution in [2.24, 2.45) is 5.92 Å². The summed E-state index contributed by atoms with van der Waals surface area (Å²) in [6.45, 7) is 6.46. The fourth-order valence-electron chi connectivity index (χ4n) is 2.01. The fraction of sp³-hybridized carbons (Fsp3) is 0.533. The molecular weight excluding hydrogens is 322 g/mol. The van der Waals surface area contributed by atoms with E-state index in [0.717, 1.165) is 12.8 Å². The summed E-state index contributed by atoms with van der Waals surface area (Å²) >= 11 is 11.3. The smallest absolute Gasteiger partial charge is 0.271 e. The number of rotatable bonds is 7. The molecule has 1 atom stereocenters. The van der Waals surface area contributed by atoms with Crippen LogP contribution in [0.25, 0.3) is 0 Å². The van der Waals surface area contributed by atoms with E-state index < -0.39 is 4.92 Å². The summed E-state index contributed by atoms with van der Waals surface area (Å²) in [6, 6.07) is 4.45. The van der Waals surface area contributed by atoms with Gasteiger partial charge < -0.3 is 10.6 Å². The summed E-state index contributed by atoms with van der Waals surface area (Å²) in [5, 5.41) is 17.7. The topological polar surface area (TPSA) is 67.2 Å². The molecule has 0 saturated carbocycles. The minimum atomic E-state index is -0.466. The van der Waals surface area contributed by atoms with Gasteiger partial charge in [0, 0.05) is 18.2 Å². The zero-order chi connectivity index (χ0) is 16.7. The lowest BCUT2D eigenvalue weighted by Crippen LogP contribution is -2.35. The summed E-state index contributed by atoms with van der Waals surface area (Å²) in [6.07, 6.45) is 3.33. The van der Waals surface area contributed by atoms with Crippen molar-refractivity contribution < 1.29 is 4.92 Å². The van der Waals surface area contributed by atoms with Gasteiger partial charge in [-0.25, -0.2) is 0 Å². The van der Waals surface area contributed by atoms with Crippen LogP contribution in [-0.2, 0) is 0 Å². The minimum absolute atomic E-state index is 0.0281. The first-order chi connectivity index (χ1) is 10.3. The molecule has 1 aromatic carbocycles. The highest BCUT2D eigenvalue weighted by atomic mass is 35.5. The van der Waals surface area contributed by atoms with E-state index >= 15 is 0 Å². The van der Waals surface area contributed by atoms with Crippen molar-refractivity contribution in [3.63, 3.8) is 0 Å². The number of thiocarbonyl (C=S) groups is 1. The second-order valence-corrected chi connectivity index (χ2v) is 6.56. The Morgan fingerprint density at radius 2 is 2.05 bits per heavy atom. The van der Waals surface area contributed by atoms with Gasteiger partial charge in [0.1, 0.15) is 0 Å². The first-order valence-electron chi connectivity index (χ1n) is 7.31. The molecule has 122 valence electrons. The number of nitrogens with zero attached hydrogens (tertiary/aromatic N) is 1. The first kappa shape index (κ1) is 18.6. The molecule has 0 fully saturated rings. The van der Waals surface area contributed by atoms with E-state index in [9.17, 15) is 10.1 Å². The van der Waals surface area contributed by atoms with Crippen molar-refractivity contribution >= 4 is 40.3 Å². The monoisotopic (exact) mass is 343 g/mol. The van der Waals surface area contributed by atoms with Crippen LogP contribution in [0, 0.1) is 16.0 Å². The van der Waals surface area contributed by atoms with Crippen LogP contribution in [0.1, 0.15) is 40.0 Å². The van der Waals surface area contributed by atoms with Crippen LogP contribution < -0.4 is 10.6 Å². The molecule has 0 aliphatic carbocycles. The van der Waals surface area contributed by atoms with Gasteiger partial charge in [0.05, 0.1) is 15.6 Å². The van der Waals surface area contributed by atoms with Gasteiger partial charge in [-0.1, -0.05) is 38.3 Å². The van der Waals surface area contributed by atoms with Crippen molar-refractivity contribution in [3.05, 3.63) is 33.3 Å². The summed E-state index contributed by atoms with van der Waals surface area (Å²) in [7, 11) is 0. The highest BCUT2D eigenvalue weighted by molar-refractivity contribution is 7.80. The van der Waals surface area contributed by atoms with E-state index in [0.29, 0.717) is 21.7 Å². The average molecular weight is 344 g/mol. The first-order valence-corrected chi connectivity index (χ1v) is 8.09. The zero-order valence-corrected chi connectivity index (χ0v) is 14.6. The Labute approximate surface area is 141 Å². The average Bonchev–Trinajstić information content (AvgIpc) is 2.40. The SMILES string of the molecule is CC(C)CCC[C@H](C)NC(=S)Nc1cc([N+](=O)[O-])ccc1Cl. The van der Waals surface area contributed by atoms with E-state index in [1.165, 1.54) is 24.6 Å². The number of non-ortho nitro benzene ring substituents is 1. The van der Waals surface area contributed by atoms with Gasteiger partial charge in [0.25, 0.3) is 5.69 Å². The van der Waals surface area contributed by atoms with Crippen molar-refractivity contribution in [2.45, 2.75) is 46.1 Å². The molecule has 7 heteroatoms. The maximum absolute atomic E-state index is 10.8. The molecule has 0 aliphatic heterocycles. The van der Waals surface area contributed by atoms with Gasteiger partial charge in [-0.2, -0.15) is 0 Å². The van der Waals surface area contributed by atoms with Crippen molar-refractivity contribution in [3.8, 4) is 0 Å². The summed E-state index contributed by atoms with van der Waals surface area (Å²) in [4.78, 5) is 10.3. The van der Waals surface area contributed by atoms with Gasteiger partial charge in [-0.05, 0) is 37.5 Å². The Morgan fingerprint density at radius 3 is 2.64 bits per heavy atom. The normalized spacial score (nSPS) is 12.0. The quantitative estimate of drug-likeness (QED) is 0.425. The number of nitro groups is 1. The highest BCUT2D eigenvalue weighted by Crippen LogP contribution is 2.26. The van der Waals surface area contributed by atoms with Crippen molar-refractivity contribution in [2.75, 3.05) is 5.32 Å². The lowest BCUT2D eigenvalue weighted by molar-refractivity contribution is -0.384. The Kier molecular flexibility index (Phi) is 7.55. The maximum atomic E-state index is 10.8. The molecule has 2 N–H and O–H groups in total. The maximum Gasteiger partial charge on any atom is 0.271 e. The fourth-order valence-corrected chi connectivity index (χ4v) is 2.49. The third-order valence-electron chi connectivity index (χ3n) is 3.21. The molecule has 0 aliphatic rings. The molecular formula is C15H22ClN3O2S. The second kappa shape index (κ2) is 8.90. The molecule has 0 spiro atoms. The van der Waals surface area contributed by atoms with E-state index in [2.05, 4.69) is 31.4 Å². The summed E-state index contributed by atoms with van der Waals surface area (Å²) < 4.78 is 0. The molecule has 1 rings (SSSR count). The molecule has 0 heterocycles. The molecule has 0 radical (unpaired) electrons. The number of nitro benzene ring substituents is 1. The molecule has 5 nitrogen and oxygen atoms in total. The van der Waals surface area contributed by atoms with Crippen LogP contribution in [0.15, 0.2) is 18.2 Å². The highest BCUT2D eigenvalue weighted by Gasteiger charge is 2.11. The number of benzene rings is 1. The van der Waals surface area contributed by atoms with Crippen molar-refractivity contribution in [1.82, 2.24) is 5.32 Å². The van der Waals surface area contributed by atoms with E-state index in [-0.39, 0.29) is 11.7 Å². The Morgan fingerprint density at radius 1 is 1.36 bits per heavy atom. The third kappa shape index (κ3) is 6.58. The van der Waals surface area contributed by atoms with E-state index in [4.69, 9.17) is 23.8 Å². The van der Waals surface area contributed by atoms with Gasteiger partial charge in [0.2, 0.25) is 0 Å². The molecule has 0 amide bonds. The molecule has 0 bridgehead atoms. The van der Waals surface area contributed by atoms with Crippen LogP contribution in [-0.4, -0.2) is 16.1 Å². The van der Waals surface area contributed by atoms with Crippen LogP contribution in [0.5, 0.6) is 0 Å². The minimum Gasteiger partial charge on any atom is -0.360 e. The van der Waals surface area contributed by atoms with Gasteiger partial charge in [0.15, 0.2) is 5.11 Å². The summed E-state index contributed by atoms with van der Waals surface area (Å²) in [5.41, 5.74) is 0.405. The predicted molar refractivity (Wildman–Crippen MR) is 95.6 cm³/mol. The number of halogens is 1. The van der Waals surface area contributed by atoms with Crippen LogP contribution in [0.3, 0.4) is 0 Å². The van der Waals surface area contributed by atoms with E-state index in [1.54, 1.807) is 0 Å². The number of hydrogen-bond donors (Lipinski definition) is 2. The predicted octanol–water partition coefficient (Wildman–Crippen LogP) is 4.75. The van der Waals surface area contributed by atoms with Crippen molar-refractivity contribution in [1.29, 1.82) is 0 Å². The van der Waals surface area contributed by atoms with Gasteiger partial charge >= 0.3 is 0 Å². The third-order valence-corrected chi connectivity index (χ3v) is 3.75. The number of nitrogens with one attached hydrogen (secondary N) is 2. The molecule has 0 saturated heterocycles. The summed E-state index contributed by atoms with van der Waals surface area (Å²) in [5.74, 6) is 0.695. The lowest BCUT2D eigenvalue weighted by atomic mass is 10.0. The van der Waals surface area contributed by atoms with Gasteiger partial charge in [-0.3, -0.25) is 10.1 Å². The zero-order valence-electron chi connectivity index (χ0n) is 13.1. The Hall–Kier alpha value is -1.40. The molecule has 22 heavy (non-hydrogen) atoms. The number of anilines is 1. The number of hydrogen-bond acceptors (Lipinski definition) is 3. The Bertz CT molecular complexity index is 538. The van der Waals surface area contributed by atoms with Crippen LogP contribution >= 0.6 is 23.8 Å². The van der Waals surface area contributed by atoms with Crippen LogP contribution in [0.2, 0.25) is 5.02 Å².